The first-order valence-corrected chi connectivity index (χ1v) is 9.60. The molecule has 0 amide bonds. The average Bonchev–Trinajstić information content (AvgIpc) is 3.00. The maximum absolute atomic E-state index is 10.2. The average molecular weight is 397 g/mol. The number of aliphatic hydroxyl groups is 1. The number of nitrogens with one attached hydrogen (secondary N) is 1. The molecule has 5 nitrogen and oxygen atoms in total. The number of aliphatic hydroxyl groups excluding tert-OH is 1. The van der Waals surface area contributed by atoms with E-state index >= 15 is 0 Å². The molecule has 1 unspecified atom stereocenters. The van der Waals surface area contributed by atoms with Gasteiger partial charge in [0.05, 0.1) is 16.7 Å². The van der Waals surface area contributed by atoms with Crippen molar-refractivity contribution >= 4 is 33.2 Å². The third kappa shape index (κ3) is 4.73. The standard InChI is InChI=1S/C16H21BrN4OS/c17-13-5-9-23-15(13)14-4-6-18-16(20-14)19-10-12(22)11-21-7-2-1-3-8-21/h4-6,9,12,22H,1-3,7-8,10-11H2,(H,18,19,20). The molecule has 3 rings (SSSR count). The van der Waals surface area contributed by atoms with Crippen LogP contribution in [0, 0.1) is 0 Å². The van der Waals surface area contributed by atoms with Crippen LogP contribution in [0.15, 0.2) is 28.2 Å². The Kier molecular flexibility index (Phi) is 5.99. The van der Waals surface area contributed by atoms with Crippen LogP contribution in [0.4, 0.5) is 5.95 Å². The molecule has 0 spiro atoms. The van der Waals surface area contributed by atoms with Gasteiger partial charge in [-0.15, -0.1) is 11.3 Å². The number of piperidine rings is 1. The molecule has 1 fully saturated rings. The minimum Gasteiger partial charge on any atom is -0.390 e. The van der Waals surface area contributed by atoms with Gasteiger partial charge in [0.15, 0.2) is 0 Å². The number of aromatic nitrogens is 2. The van der Waals surface area contributed by atoms with Crippen LogP contribution in [-0.4, -0.2) is 52.3 Å². The molecule has 1 aliphatic rings. The Morgan fingerprint density at radius 3 is 2.87 bits per heavy atom. The highest BCUT2D eigenvalue weighted by Crippen LogP contribution is 2.32. The highest BCUT2D eigenvalue weighted by Gasteiger charge is 2.15. The molecule has 0 saturated carbocycles. The van der Waals surface area contributed by atoms with Gasteiger partial charge >= 0.3 is 0 Å². The number of anilines is 1. The summed E-state index contributed by atoms with van der Waals surface area (Å²) in [6.45, 7) is 3.36. The van der Waals surface area contributed by atoms with E-state index in [1.54, 1.807) is 17.5 Å². The summed E-state index contributed by atoms with van der Waals surface area (Å²) in [5, 5.41) is 15.4. The van der Waals surface area contributed by atoms with Gasteiger partial charge in [-0.05, 0) is 59.4 Å². The van der Waals surface area contributed by atoms with Gasteiger partial charge in [-0.1, -0.05) is 6.42 Å². The largest absolute Gasteiger partial charge is 0.390 e. The summed E-state index contributed by atoms with van der Waals surface area (Å²) in [5.74, 6) is 0.556. The lowest BCUT2D eigenvalue weighted by Crippen LogP contribution is -2.39. The Balaban J connectivity index is 1.55. The second-order valence-electron chi connectivity index (χ2n) is 5.76. The van der Waals surface area contributed by atoms with E-state index in [0.29, 0.717) is 19.0 Å². The molecule has 2 N–H and O–H groups in total. The van der Waals surface area contributed by atoms with E-state index in [1.165, 1.54) is 19.3 Å². The molecule has 1 atom stereocenters. The molecule has 7 heteroatoms. The normalized spacial score (nSPS) is 17.1. The Morgan fingerprint density at radius 2 is 2.13 bits per heavy atom. The molecule has 0 radical (unpaired) electrons. The van der Waals surface area contributed by atoms with Gasteiger partial charge in [0.1, 0.15) is 0 Å². The topological polar surface area (TPSA) is 61.3 Å². The van der Waals surface area contributed by atoms with E-state index in [1.807, 2.05) is 17.5 Å². The number of likely N-dealkylation sites (tertiary alicyclic amines) is 1. The third-order valence-corrected chi connectivity index (χ3v) is 5.78. The smallest absolute Gasteiger partial charge is 0.223 e. The predicted molar refractivity (Wildman–Crippen MR) is 97.8 cm³/mol. The van der Waals surface area contributed by atoms with E-state index in [4.69, 9.17) is 0 Å². The summed E-state index contributed by atoms with van der Waals surface area (Å²) >= 11 is 5.17. The van der Waals surface area contributed by atoms with Crippen LogP contribution in [0.25, 0.3) is 10.6 Å². The predicted octanol–water partition coefficient (Wildman–Crippen LogP) is 3.23. The van der Waals surface area contributed by atoms with Crippen molar-refractivity contribution in [3.05, 3.63) is 28.2 Å². The Labute approximate surface area is 148 Å². The van der Waals surface area contributed by atoms with Crippen molar-refractivity contribution in [1.29, 1.82) is 0 Å². The number of thiophene rings is 1. The number of hydrogen-bond donors (Lipinski definition) is 2. The first kappa shape index (κ1) is 16.8. The number of β-amino-alcohol motifs (C(OH)–C–C–N with tert-alkyl or cyclic N) is 1. The summed E-state index contributed by atoms with van der Waals surface area (Å²) in [7, 11) is 0. The second kappa shape index (κ2) is 8.19. The van der Waals surface area contributed by atoms with E-state index in [9.17, 15) is 5.11 Å². The van der Waals surface area contributed by atoms with Crippen LogP contribution in [0.5, 0.6) is 0 Å². The monoisotopic (exact) mass is 396 g/mol. The van der Waals surface area contributed by atoms with Crippen LogP contribution in [-0.2, 0) is 0 Å². The Bertz CT molecular complexity index is 630. The highest BCUT2D eigenvalue weighted by atomic mass is 79.9. The minimum absolute atomic E-state index is 0.408. The van der Waals surface area contributed by atoms with Crippen molar-refractivity contribution in [3.8, 4) is 10.6 Å². The van der Waals surface area contributed by atoms with Crippen LogP contribution in [0.1, 0.15) is 19.3 Å². The lowest BCUT2D eigenvalue weighted by atomic mass is 10.1. The molecule has 1 saturated heterocycles. The fourth-order valence-electron chi connectivity index (χ4n) is 2.76. The van der Waals surface area contributed by atoms with Gasteiger partial charge in [-0.2, -0.15) is 0 Å². The maximum atomic E-state index is 10.2. The quantitative estimate of drug-likeness (QED) is 0.784. The Hall–Kier alpha value is -1.02. The van der Waals surface area contributed by atoms with Crippen molar-refractivity contribution in [2.24, 2.45) is 0 Å². The highest BCUT2D eigenvalue weighted by molar-refractivity contribution is 9.10. The van der Waals surface area contributed by atoms with E-state index in [0.717, 1.165) is 28.1 Å². The first-order valence-electron chi connectivity index (χ1n) is 7.93. The van der Waals surface area contributed by atoms with Gasteiger partial charge in [0, 0.05) is 23.8 Å². The van der Waals surface area contributed by atoms with Crippen molar-refractivity contribution in [3.63, 3.8) is 0 Å². The first-order chi connectivity index (χ1) is 11.2. The van der Waals surface area contributed by atoms with E-state index < -0.39 is 6.10 Å². The number of rotatable bonds is 6. The van der Waals surface area contributed by atoms with Crippen LogP contribution >= 0.6 is 27.3 Å². The molecule has 2 aromatic rings. The Morgan fingerprint density at radius 1 is 1.30 bits per heavy atom. The van der Waals surface area contributed by atoms with Crippen molar-refractivity contribution < 1.29 is 5.11 Å². The van der Waals surface area contributed by atoms with Crippen LogP contribution in [0.2, 0.25) is 0 Å². The fourth-order valence-corrected chi connectivity index (χ4v) is 4.31. The number of nitrogens with zero attached hydrogens (tertiary/aromatic N) is 3. The SMILES string of the molecule is OC(CNc1nccc(-c2sccc2Br)n1)CN1CCCCC1. The van der Waals surface area contributed by atoms with E-state index in [2.05, 4.69) is 36.1 Å². The van der Waals surface area contributed by atoms with Crippen molar-refractivity contribution in [1.82, 2.24) is 14.9 Å². The molecular formula is C16H21BrN4OS. The summed E-state index contributed by atoms with van der Waals surface area (Å²) in [5.41, 5.74) is 0.884. The molecule has 3 heterocycles. The molecule has 1 aliphatic heterocycles. The lowest BCUT2D eigenvalue weighted by molar-refractivity contribution is 0.109. The van der Waals surface area contributed by atoms with Crippen LogP contribution < -0.4 is 5.32 Å². The summed E-state index contributed by atoms with van der Waals surface area (Å²) < 4.78 is 1.04. The molecule has 0 bridgehead atoms. The third-order valence-electron chi connectivity index (χ3n) is 3.92. The van der Waals surface area contributed by atoms with Crippen molar-refractivity contribution in [2.75, 3.05) is 31.5 Å². The molecular weight excluding hydrogens is 376 g/mol. The van der Waals surface area contributed by atoms with Gasteiger partial charge in [-0.3, -0.25) is 0 Å². The molecule has 2 aromatic heterocycles. The fraction of sp³-hybridized carbons (Fsp3) is 0.500. The van der Waals surface area contributed by atoms with Crippen LogP contribution in [0.3, 0.4) is 0 Å². The zero-order chi connectivity index (χ0) is 16.1. The van der Waals surface area contributed by atoms with Gasteiger partial charge in [0.2, 0.25) is 5.95 Å². The minimum atomic E-state index is -0.408. The second-order valence-corrected chi connectivity index (χ2v) is 7.53. The lowest BCUT2D eigenvalue weighted by Gasteiger charge is -2.28. The zero-order valence-electron chi connectivity index (χ0n) is 12.9. The molecule has 23 heavy (non-hydrogen) atoms. The van der Waals surface area contributed by atoms with Gasteiger partial charge < -0.3 is 15.3 Å². The maximum Gasteiger partial charge on any atom is 0.223 e. The summed E-state index contributed by atoms with van der Waals surface area (Å²) in [6, 6.07) is 3.91. The van der Waals surface area contributed by atoms with Gasteiger partial charge in [0.25, 0.3) is 0 Å². The molecule has 124 valence electrons. The van der Waals surface area contributed by atoms with E-state index in [-0.39, 0.29) is 0 Å². The number of halogens is 1. The van der Waals surface area contributed by atoms with Crippen molar-refractivity contribution in [2.45, 2.75) is 25.4 Å². The summed E-state index contributed by atoms with van der Waals surface area (Å²) in [6.07, 6.45) is 5.12. The molecule has 0 aliphatic carbocycles. The molecule has 0 aromatic carbocycles. The zero-order valence-corrected chi connectivity index (χ0v) is 15.3. The summed E-state index contributed by atoms with van der Waals surface area (Å²) in [4.78, 5) is 12.2. The van der Waals surface area contributed by atoms with Gasteiger partial charge in [-0.25, -0.2) is 9.97 Å². The number of hydrogen-bond acceptors (Lipinski definition) is 6.